The molecule has 0 atom stereocenters. The molecule has 2 aromatic heterocycles. The van der Waals surface area contributed by atoms with Gasteiger partial charge in [-0.2, -0.15) is 10.4 Å². The monoisotopic (exact) mass is 501 g/mol. The van der Waals surface area contributed by atoms with E-state index in [1.807, 2.05) is 28.9 Å². The standard InChI is InChI=1S/C30H27N7O/c1-3-15-37-29-26(19-33-37)28(32-18-24-8-5-4-7-20(24)2)35-27(36-29)22-9-6-10-23(16-22)30(38)34-25-13-11-21(17-31)12-14-25/h4-14,16,19H,3,15,18H2,1-2H3,(H,34,38)(H,32,35,36). The molecule has 5 aromatic rings. The number of benzene rings is 3. The summed E-state index contributed by atoms with van der Waals surface area (Å²) in [6.07, 6.45) is 2.73. The molecule has 1 amide bonds. The molecule has 8 heteroatoms. The molecule has 0 saturated carbocycles. The predicted molar refractivity (Wildman–Crippen MR) is 149 cm³/mol. The van der Waals surface area contributed by atoms with E-state index in [4.69, 9.17) is 15.2 Å². The number of fused-ring (bicyclic) bond motifs is 1. The number of rotatable bonds is 8. The van der Waals surface area contributed by atoms with Gasteiger partial charge in [-0.25, -0.2) is 14.6 Å². The van der Waals surface area contributed by atoms with Crippen LogP contribution in [0, 0.1) is 18.3 Å². The molecule has 0 radical (unpaired) electrons. The molecule has 0 aliphatic rings. The Morgan fingerprint density at radius 2 is 1.84 bits per heavy atom. The van der Waals surface area contributed by atoms with E-state index in [2.05, 4.69) is 47.8 Å². The van der Waals surface area contributed by atoms with Gasteiger partial charge >= 0.3 is 0 Å². The highest BCUT2D eigenvalue weighted by molar-refractivity contribution is 6.05. The first-order valence-electron chi connectivity index (χ1n) is 12.5. The van der Waals surface area contributed by atoms with E-state index in [9.17, 15) is 4.79 Å². The number of nitrogens with zero attached hydrogens (tertiary/aromatic N) is 5. The van der Waals surface area contributed by atoms with Crippen LogP contribution in [0.3, 0.4) is 0 Å². The van der Waals surface area contributed by atoms with E-state index in [0.29, 0.717) is 35.0 Å². The quantitative estimate of drug-likeness (QED) is 0.272. The third-order valence-corrected chi connectivity index (χ3v) is 6.29. The SMILES string of the molecule is CCCn1ncc2c(NCc3ccccc3C)nc(-c3cccc(C(=O)Nc4ccc(C#N)cc4)c3)nc21. The summed E-state index contributed by atoms with van der Waals surface area (Å²) in [6, 6.07) is 24.3. The predicted octanol–water partition coefficient (Wildman–Crippen LogP) is 5.95. The molecule has 0 unspecified atom stereocenters. The lowest BCUT2D eigenvalue weighted by molar-refractivity contribution is 0.102. The fourth-order valence-corrected chi connectivity index (χ4v) is 4.21. The number of nitriles is 1. The van der Waals surface area contributed by atoms with Crippen LogP contribution >= 0.6 is 0 Å². The summed E-state index contributed by atoms with van der Waals surface area (Å²) in [4.78, 5) is 22.7. The summed E-state index contributed by atoms with van der Waals surface area (Å²) in [7, 11) is 0. The third kappa shape index (κ3) is 5.22. The minimum absolute atomic E-state index is 0.258. The first-order valence-corrected chi connectivity index (χ1v) is 12.5. The lowest BCUT2D eigenvalue weighted by Crippen LogP contribution is -2.12. The van der Waals surface area contributed by atoms with Crippen LogP contribution in [-0.4, -0.2) is 25.7 Å². The van der Waals surface area contributed by atoms with Gasteiger partial charge in [-0.15, -0.1) is 0 Å². The maximum absolute atomic E-state index is 13.0. The van der Waals surface area contributed by atoms with Gasteiger partial charge in [0.25, 0.3) is 5.91 Å². The van der Waals surface area contributed by atoms with Crippen LogP contribution in [0.15, 0.2) is 79.0 Å². The molecule has 2 heterocycles. The minimum atomic E-state index is -0.258. The van der Waals surface area contributed by atoms with Crippen molar-refractivity contribution in [2.45, 2.75) is 33.4 Å². The first kappa shape index (κ1) is 24.7. The largest absolute Gasteiger partial charge is 0.365 e. The highest BCUT2D eigenvalue weighted by atomic mass is 16.1. The lowest BCUT2D eigenvalue weighted by atomic mass is 10.1. The average Bonchev–Trinajstić information content (AvgIpc) is 3.36. The Morgan fingerprint density at radius 1 is 1.03 bits per heavy atom. The van der Waals surface area contributed by atoms with Gasteiger partial charge in [-0.1, -0.05) is 43.3 Å². The van der Waals surface area contributed by atoms with Gasteiger partial charge in [0, 0.05) is 29.9 Å². The maximum Gasteiger partial charge on any atom is 0.255 e. The Bertz CT molecular complexity index is 1650. The van der Waals surface area contributed by atoms with Crippen molar-refractivity contribution in [3.63, 3.8) is 0 Å². The smallest absolute Gasteiger partial charge is 0.255 e. The topological polar surface area (TPSA) is 109 Å². The van der Waals surface area contributed by atoms with Crippen LogP contribution in [0.25, 0.3) is 22.4 Å². The second-order valence-electron chi connectivity index (χ2n) is 9.00. The van der Waals surface area contributed by atoms with E-state index < -0.39 is 0 Å². The van der Waals surface area contributed by atoms with Crippen molar-refractivity contribution in [2.24, 2.45) is 0 Å². The molecule has 0 spiro atoms. The second-order valence-corrected chi connectivity index (χ2v) is 9.00. The van der Waals surface area contributed by atoms with E-state index in [1.165, 1.54) is 11.1 Å². The van der Waals surface area contributed by atoms with Gasteiger partial charge in [0.1, 0.15) is 5.82 Å². The van der Waals surface area contributed by atoms with Crippen molar-refractivity contribution < 1.29 is 4.79 Å². The van der Waals surface area contributed by atoms with Crippen LogP contribution in [-0.2, 0) is 13.1 Å². The Kier molecular flexibility index (Phi) is 7.09. The minimum Gasteiger partial charge on any atom is -0.365 e. The van der Waals surface area contributed by atoms with Crippen molar-refractivity contribution in [3.8, 4) is 17.5 Å². The summed E-state index contributed by atoms with van der Waals surface area (Å²) in [6.45, 7) is 5.54. The fraction of sp³-hybridized carbons (Fsp3) is 0.167. The van der Waals surface area contributed by atoms with E-state index in [-0.39, 0.29) is 5.91 Å². The maximum atomic E-state index is 13.0. The van der Waals surface area contributed by atoms with Crippen LogP contribution in [0.2, 0.25) is 0 Å². The van der Waals surface area contributed by atoms with Crippen LogP contribution in [0.4, 0.5) is 11.5 Å². The highest BCUT2D eigenvalue weighted by Gasteiger charge is 2.16. The van der Waals surface area contributed by atoms with Gasteiger partial charge in [-0.05, 0) is 60.9 Å². The molecule has 0 saturated heterocycles. The molecular weight excluding hydrogens is 474 g/mol. The molecular formula is C30H27N7O. The lowest BCUT2D eigenvalue weighted by Gasteiger charge is -2.12. The van der Waals surface area contributed by atoms with Crippen LogP contribution in [0.1, 0.15) is 40.4 Å². The molecule has 38 heavy (non-hydrogen) atoms. The number of hydrogen-bond donors (Lipinski definition) is 2. The molecule has 5 rings (SSSR count). The summed E-state index contributed by atoms with van der Waals surface area (Å²) >= 11 is 0. The first-order chi connectivity index (χ1) is 18.6. The molecule has 2 N–H and O–H groups in total. The summed E-state index contributed by atoms with van der Waals surface area (Å²) < 4.78 is 1.89. The molecule has 188 valence electrons. The molecule has 3 aromatic carbocycles. The Labute approximate surface area is 221 Å². The average molecular weight is 502 g/mol. The molecule has 0 fully saturated rings. The van der Waals surface area contributed by atoms with Gasteiger partial charge < -0.3 is 10.6 Å². The van der Waals surface area contributed by atoms with Gasteiger partial charge in [0.15, 0.2) is 11.5 Å². The Morgan fingerprint density at radius 3 is 2.61 bits per heavy atom. The van der Waals surface area contributed by atoms with E-state index in [1.54, 1.807) is 42.6 Å². The second kappa shape index (κ2) is 10.9. The molecule has 8 nitrogen and oxygen atoms in total. The molecule has 0 aliphatic carbocycles. The van der Waals surface area contributed by atoms with Crippen LogP contribution in [0.5, 0.6) is 0 Å². The zero-order chi connectivity index (χ0) is 26.5. The number of hydrogen-bond acceptors (Lipinski definition) is 6. The number of aryl methyl sites for hydroxylation is 2. The highest BCUT2D eigenvalue weighted by Crippen LogP contribution is 2.27. The van der Waals surface area contributed by atoms with Crippen molar-refractivity contribution in [1.29, 1.82) is 5.26 Å². The summed E-state index contributed by atoms with van der Waals surface area (Å²) in [5.74, 6) is 0.949. The van der Waals surface area contributed by atoms with Gasteiger partial charge in [0.05, 0.1) is 23.2 Å². The fourth-order valence-electron chi connectivity index (χ4n) is 4.21. The number of anilines is 2. The van der Waals surface area contributed by atoms with E-state index >= 15 is 0 Å². The summed E-state index contributed by atoms with van der Waals surface area (Å²) in [5.41, 5.74) is 5.48. The number of carbonyl (C=O) groups is 1. The van der Waals surface area contributed by atoms with Crippen molar-refractivity contribution >= 4 is 28.4 Å². The number of amides is 1. The Balaban J connectivity index is 1.48. The van der Waals surface area contributed by atoms with Crippen LogP contribution < -0.4 is 10.6 Å². The zero-order valence-corrected chi connectivity index (χ0v) is 21.3. The zero-order valence-electron chi connectivity index (χ0n) is 21.3. The van der Waals surface area contributed by atoms with Crippen molar-refractivity contribution in [2.75, 3.05) is 10.6 Å². The normalized spacial score (nSPS) is 10.8. The van der Waals surface area contributed by atoms with Crippen molar-refractivity contribution in [1.82, 2.24) is 19.7 Å². The third-order valence-electron chi connectivity index (χ3n) is 6.29. The number of nitrogens with one attached hydrogen (secondary N) is 2. The van der Waals surface area contributed by atoms with E-state index in [0.717, 1.165) is 29.6 Å². The number of carbonyl (C=O) groups excluding carboxylic acids is 1. The van der Waals surface area contributed by atoms with Gasteiger partial charge in [-0.3, -0.25) is 4.79 Å². The summed E-state index contributed by atoms with van der Waals surface area (Å²) in [5, 5.41) is 20.8. The van der Waals surface area contributed by atoms with Gasteiger partial charge in [0.2, 0.25) is 0 Å². The Hall–Kier alpha value is -5.03. The van der Waals surface area contributed by atoms with Crippen molar-refractivity contribution in [3.05, 3.63) is 101 Å². The molecule has 0 aliphatic heterocycles. The number of aromatic nitrogens is 4. The molecule has 0 bridgehead atoms.